The third kappa shape index (κ3) is 7.39. The molecule has 0 unspecified atom stereocenters. The molecule has 1 heterocycles. The van der Waals surface area contributed by atoms with Crippen molar-refractivity contribution >= 4 is 11.3 Å². The summed E-state index contributed by atoms with van der Waals surface area (Å²) in [4.78, 5) is 6.29. The molecule has 0 fully saturated rings. The Kier molecular flexibility index (Phi) is 8.38. The lowest BCUT2D eigenvalue weighted by molar-refractivity contribution is 0.219. The highest BCUT2D eigenvalue weighted by molar-refractivity contribution is 7.10. The van der Waals surface area contributed by atoms with Crippen molar-refractivity contribution < 1.29 is 0 Å². The monoisotopic (exact) mass is 297 g/mol. The van der Waals surface area contributed by atoms with E-state index in [0.717, 1.165) is 38.6 Å². The molecule has 1 aromatic heterocycles. The van der Waals surface area contributed by atoms with Crippen LogP contribution in [0, 0.1) is 12.8 Å². The largest absolute Gasteiger partial charge is 0.311 e. The zero-order valence-corrected chi connectivity index (χ0v) is 14.6. The molecule has 0 aliphatic heterocycles. The van der Waals surface area contributed by atoms with Crippen molar-refractivity contribution in [1.29, 1.82) is 0 Å². The Morgan fingerprint density at radius 1 is 1.20 bits per heavy atom. The topological polar surface area (TPSA) is 18.5 Å². The van der Waals surface area contributed by atoms with E-state index < -0.39 is 0 Å². The van der Waals surface area contributed by atoms with E-state index in [1.165, 1.54) is 17.0 Å². The summed E-state index contributed by atoms with van der Waals surface area (Å²) in [7, 11) is 4.29. The van der Waals surface area contributed by atoms with Gasteiger partial charge in [0.1, 0.15) is 0 Å². The Morgan fingerprint density at radius 2 is 1.95 bits per heavy atom. The summed E-state index contributed by atoms with van der Waals surface area (Å²) in [6.45, 7) is 13.5. The van der Waals surface area contributed by atoms with E-state index in [-0.39, 0.29) is 0 Å². The third-order valence-corrected chi connectivity index (χ3v) is 4.37. The lowest BCUT2D eigenvalue weighted by Crippen LogP contribution is -2.38. The number of thiophene rings is 1. The molecule has 20 heavy (non-hydrogen) atoms. The van der Waals surface area contributed by atoms with Crippen molar-refractivity contribution in [3.8, 4) is 0 Å². The molecular weight excluding hydrogens is 266 g/mol. The quantitative estimate of drug-likeness (QED) is 0.670. The Labute approximate surface area is 129 Å². The Hall–Kier alpha value is -0.420. The van der Waals surface area contributed by atoms with E-state index in [4.69, 9.17) is 0 Å². The molecule has 0 atom stereocenters. The highest BCUT2D eigenvalue weighted by atomic mass is 32.1. The maximum Gasteiger partial charge on any atom is 0.0302 e. The van der Waals surface area contributed by atoms with Crippen LogP contribution in [0.4, 0.5) is 0 Å². The van der Waals surface area contributed by atoms with Gasteiger partial charge in [-0.3, -0.25) is 0 Å². The van der Waals surface area contributed by atoms with Gasteiger partial charge in [-0.25, -0.2) is 0 Å². The van der Waals surface area contributed by atoms with Crippen LogP contribution in [0.25, 0.3) is 0 Å². The Bertz CT molecular complexity index is 360. The molecule has 3 nitrogen and oxygen atoms in total. The summed E-state index contributed by atoms with van der Waals surface area (Å²) in [5.74, 6) is 0.733. The fraction of sp³-hybridized carbons (Fsp3) is 0.750. The second kappa shape index (κ2) is 9.50. The molecule has 0 aliphatic carbocycles. The number of hydrogen-bond donors (Lipinski definition) is 1. The Morgan fingerprint density at radius 3 is 2.50 bits per heavy atom. The first-order valence-corrected chi connectivity index (χ1v) is 8.47. The van der Waals surface area contributed by atoms with Crippen LogP contribution in [0.15, 0.2) is 11.4 Å². The van der Waals surface area contributed by atoms with E-state index in [9.17, 15) is 0 Å². The lowest BCUT2D eigenvalue weighted by Gasteiger charge is -2.25. The van der Waals surface area contributed by atoms with Gasteiger partial charge in [-0.05, 0) is 43.9 Å². The predicted octanol–water partition coefficient (Wildman–Crippen LogP) is 2.67. The minimum Gasteiger partial charge on any atom is -0.311 e. The van der Waals surface area contributed by atoms with Crippen LogP contribution in [-0.2, 0) is 6.54 Å². The molecular formula is C16H31N3S. The van der Waals surface area contributed by atoms with Crippen molar-refractivity contribution in [3.63, 3.8) is 0 Å². The van der Waals surface area contributed by atoms with Gasteiger partial charge < -0.3 is 15.1 Å². The smallest absolute Gasteiger partial charge is 0.0302 e. The summed E-state index contributed by atoms with van der Waals surface area (Å²) in [5, 5.41) is 5.75. The van der Waals surface area contributed by atoms with Gasteiger partial charge in [-0.2, -0.15) is 0 Å². The molecule has 0 saturated heterocycles. The van der Waals surface area contributed by atoms with Gasteiger partial charge in [0, 0.05) is 44.1 Å². The molecule has 0 aromatic carbocycles. The lowest BCUT2D eigenvalue weighted by atomic mass is 10.2. The maximum atomic E-state index is 3.58. The molecule has 0 radical (unpaired) electrons. The van der Waals surface area contributed by atoms with Gasteiger partial charge in [0.15, 0.2) is 0 Å². The minimum atomic E-state index is 0.733. The first-order chi connectivity index (χ1) is 9.49. The molecule has 1 rings (SSSR count). The van der Waals surface area contributed by atoms with Gasteiger partial charge in [-0.15, -0.1) is 11.3 Å². The average Bonchev–Trinajstić information content (AvgIpc) is 2.76. The van der Waals surface area contributed by atoms with E-state index in [0.29, 0.717) is 0 Å². The normalized spacial score (nSPS) is 12.0. The minimum absolute atomic E-state index is 0.733. The number of nitrogens with zero attached hydrogens (tertiary/aromatic N) is 2. The number of hydrogen-bond acceptors (Lipinski definition) is 4. The number of likely N-dealkylation sites (N-methyl/N-ethyl adjacent to an activating group) is 1. The summed E-state index contributed by atoms with van der Waals surface area (Å²) >= 11 is 1.85. The standard InChI is InChI=1S/C16H31N3S/c1-14(2)13-19(10-9-18(4)5)8-7-17-12-16-15(3)6-11-20-16/h6,11,14,17H,7-10,12-13H2,1-5H3. The zero-order valence-electron chi connectivity index (χ0n) is 13.8. The predicted molar refractivity (Wildman–Crippen MR) is 90.6 cm³/mol. The van der Waals surface area contributed by atoms with E-state index in [1.54, 1.807) is 0 Å². The molecule has 0 amide bonds. The van der Waals surface area contributed by atoms with Gasteiger partial charge in [0.25, 0.3) is 0 Å². The van der Waals surface area contributed by atoms with Gasteiger partial charge in [0.05, 0.1) is 0 Å². The SMILES string of the molecule is Cc1ccsc1CNCCN(CCN(C)C)CC(C)C. The molecule has 1 aromatic rings. The maximum absolute atomic E-state index is 3.58. The summed E-state index contributed by atoms with van der Waals surface area (Å²) in [5.41, 5.74) is 1.41. The van der Waals surface area contributed by atoms with Crippen LogP contribution in [0.1, 0.15) is 24.3 Å². The number of rotatable bonds is 10. The highest BCUT2D eigenvalue weighted by Crippen LogP contribution is 2.14. The second-order valence-electron chi connectivity index (χ2n) is 6.20. The van der Waals surface area contributed by atoms with E-state index in [2.05, 4.69) is 61.4 Å². The summed E-state index contributed by atoms with van der Waals surface area (Å²) in [6, 6.07) is 2.20. The second-order valence-corrected chi connectivity index (χ2v) is 7.20. The molecule has 116 valence electrons. The molecule has 0 saturated carbocycles. The fourth-order valence-electron chi connectivity index (χ4n) is 2.18. The molecule has 0 bridgehead atoms. The fourth-order valence-corrected chi connectivity index (χ4v) is 3.05. The average molecular weight is 298 g/mol. The first-order valence-electron chi connectivity index (χ1n) is 7.59. The molecule has 0 spiro atoms. The summed E-state index contributed by atoms with van der Waals surface area (Å²) in [6.07, 6.45) is 0. The number of nitrogens with one attached hydrogen (secondary N) is 1. The van der Waals surface area contributed by atoms with Crippen LogP contribution >= 0.6 is 11.3 Å². The van der Waals surface area contributed by atoms with Crippen LogP contribution < -0.4 is 5.32 Å². The van der Waals surface area contributed by atoms with Crippen LogP contribution in [0.3, 0.4) is 0 Å². The molecule has 0 aliphatic rings. The molecule has 1 N–H and O–H groups in total. The van der Waals surface area contributed by atoms with Gasteiger partial charge in [-0.1, -0.05) is 13.8 Å². The molecule has 4 heteroatoms. The van der Waals surface area contributed by atoms with Crippen LogP contribution in [-0.4, -0.2) is 56.6 Å². The van der Waals surface area contributed by atoms with E-state index in [1.807, 2.05) is 11.3 Å². The van der Waals surface area contributed by atoms with Crippen molar-refractivity contribution in [2.24, 2.45) is 5.92 Å². The van der Waals surface area contributed by atoms with Crippen LogP contribution in [0.5, 0.6) is 0 Å². The summed E-state index contributed by atoms with van der Waals surface area (Å²) < 4.78 is 0. The first kappa shape index (κ1) is 17.6. The van der Waals surface area contributed by atoms with Crippen molar-refractivity contribution in [3.05, 3.63) is 21.9 Å². The van der Waals surface area contributed by atoms with Crippen molar-refractivity contribution in [2.45, 2.75) is 27.3 Å². The highest BCUT2D eigenvalue weighted by Gasteiger charge is 2.07. The Balaban J connectivity index is 2.25. The van der Waals surface area contributed by atoms with Crippen molar-refractivity contribution in [2.75, 3.05) is 46.8 Å². The van der Waals surface area contributed by atoms with Crippen LogP contribution in [0.2, 0.25) is 0 Å². The number of aryl methyl sites for hydroxylation is 1. The van der Waals surface area contributed by atoms with Gasteiger partial charge in [0.2, 0.25) is 0 Å². The third-order valence-electron chi connectivity index (χ3n) is 3.35. The zero-order chi connectivity index (χ0) is 15.0. The van der Waals surface area contributed by atoms with Gasteiger partial charge >= 0.3 is 0 Å². The van der Waals surface area contributed by atoms with Crippen molar-refractivity contribution in [1.82, 2.24) is 15.1 Å². The van der Waals surface area contributed by atoms with E-state index >= 15 is 0 Å².